The Kier molecular flexibility index (Phi) is 6.28. The summed E-state index contributed by atoms with van der Waals surface area (Å²) in [4.78, 5) is -0.101. The van der Waals surface area contributed by atoms with Gasteiger partial charge in [0.05, 0.1) is 10.6 Å². The first-order valence-electron chi connectivity index (χ1n) is 7.41. The second-order valence-electron chi connectivity index (χ2n) is 5.88. The van der Waals surface area contributed by atoms with E-state index in [0.717, 1.165) is 5.56 Å². The third-order valence-electron chi connectivity index (χ3n) is 3.62. The van der Waals surface area contributed by atoms with Crippen molar-refractivity contribution < 1.29 is 13.5 Å². The van der Waals surface area contributed by atoms with Crippen molar-refractivity contribution in [2.24, 2.45) is 0 Å². The topological polar surface area (TPSA) is 66.4 Å². The molecule has 0 saturated heterocycles. The van der Waals surface area contributed by atoms with E-state index in [0.29, 0.717) is 12.8 Å². The first kappa shape index (κ1) is 19.2. The number of hydrogen-bond acceptors (Lipinski definition) is 3. The molecule has 0 aliphatic rings. The molecular formula is C17H19Cl2NO3S. The minimum atomic E-state index is -3.86. The quantitative estimate of drug-likeness (QED) is 0.761. The zero-order valence-electron chi connectivity index (χ0n) is 13.2. The molecule has 2 rings (SSSR count). The van der Waals surface area contributed by atoms with Crippen LogP contribution in [0.25, 0.3) is 0 Å². The second-order valence-corrected chi connectivity index (χ2v) is 8.46. The van der Waals surface area contributed by atoms with Gasteiger partial charge in [-0.05, 0) is 43.5 Å². The summed E-state index contributed by atoms with van der Waals surface area (Å²) in [6, 6.07) is 13.9. The third-order valence-corrected chi connectivity index (χ3v) is 5.74. The number of aryl methyl sites for hydroxylation is 1. The minimum absolute atomic E-state index is 0.0795. The fourth-order valence-electron chi connectivity index (χ4n) is 2.16. The zero-order valence-corrected chi connectivity index (χ0v) is 15.5. The van der Waals surface area contributed by atoms with Crippen LogP contribution in [0, 0.1) is 0 Å². The maximum Gasteiger partial charge on any atom is 0.242 e. The lowest BCUT2D eigenvalue weighted by molar-refractivity contribution is 0.0565. The van der Waals surface area contributed by atoms with Gasteiger partial charge >= 0.3 is 0 Å². The Balaban J connectivity index is 2.01. The summed E-state index contributed by atoms with van der Waals surface area (Å²) in [7, 11) is -3.86. The summed E-state index contributed by atoms with van der Waals surface area (Å²) in [5, 5.41) is 10.8. The van der Waals surface area contributed by atoms with Crippen molar-refractivity contribution >= 4 is 33.2 Å². The van der Waals surface area contributed by atoms with Gasteiger partial charge in [0.1, 0.15) is 4.90 Å². The van der Waals surface area contributed by atoms with Gasteiger partial charge in [-0.25, -0.2) is 13.1 Å². The Bertz CT molecular complexity index is 793. The molecule has 7 heteroatoms. The van der Waals surface area contributed by atoms with Gasteiger partial charge in [0.15, 0.2) is 0 Å². The number of hydrogen-bond donors (Lipinski definition) is 2. The van der Waals surface area contributed by atoms with E-state index in [2.05, 4.69) is 4.72 Å². The van der Waals surface area contributed by atoms with Crippen LogP contribution in [0.5, 0.6) is 0 Å². The van der Waals surface area contributed by atoms with Crippen LogP contribution in [0.1, 0.15) is 18.9 Å². The number of aliphatic hydroxyl groups is 1. The Morgan fingerprint density at radius 3 is 2.46 bits per heavy atom. The van der Waals surface area contributed by atoms with Crippen molar-refractivity contribution in [1.82, 2.24) is 4.72 Å². The molecular weight excluding hydrogens is 369 g/mol. The maximum absolute atomic E-state index is 12.4. The molecule has 0 aliphatic carbocycles. The van der Waals surface area contributed by atoms with Crippen molar-refractivity contribution in [3.05, 3.63) is 64.1 Å². The van der Waals surface area contributed by atoms with Gasteiger partial charge in [-0.3, -0.25) is 0 Å². The number of halogens is 2. The molecule has 0 heterocycles. The zero-order chi connectivity index (χ0) is 17.8. The maximum atomic E-state index is 12.4. The lowest BCUT2D eigenvalue weighted by Gasteiger charge is -2.24. The first-order valence-corrected chi connectivity index (χ1v) is 9.65. The van der Waals surface area contributed by atoms with E-state index in [1.165, 1.54) is 18.2 Å². The van der Waals surface area contributed by atoms with E-state index in [1.54, 1.807) is 6.92 Å². The molecule has 0 fully saturated rings. The summed E-state index contributed by atoms with van der Waals surface area (Å²) in [6.45, 7) is 1.48. The summed E-state index contributed by atoms with van der Waals surface area (Å²) in [5.74, 6) is 0. The average Bonchev–Trinajstić information content (AvgIpc) is 2.55. The van der Waals surface area contributed by atoms with Crippen LogP contribution < -0.4 is 4.72 Å². The van der Waals surface area contributed by atoms with Crippen LogP contribution in [0.4, 0.5) is 0 Å². The van der Waals surface area contributed by atoms with Crippen molar-refractivity contribution in [3.63, 3.8) is 0 Å². The highest BCUT2D eigenvalue weighted by Crippen LogP contribution is 2.25. The fourth-order valence-corrected chi connectivity index (χ4v) is 4.08. The molecule has 130 valence electrons. The van der Waals surface area contributed by atoms with Crippen molar-refractivity contribution in [2.45, 2.75) is 30.3 Å². The van der Waals surface area contributed by atoms with Crippen molar-refractivity contribution in [1.29, 1.82) is 0 Å². The van der Waals surface area contributed by atoms with Crippen molar-refractivity contribution in [3.8, 4) is 0 Å². The van der Waals surface area contributed by atoms with Crippen LogP contribution in [0.15, 0.2) is 53.4 Å². The molecule has 2 aromatic rings. The largest absolute Gasteiger partial charge is 0.389 e. The second kappa shape index (κ2) is 7.85. The highest BCUT2D eigenvalue weighted by molar-refractivity contribution is 7.89. The summed E-state index contributed by atoms with van der Waals surface area (Å²) in [5.41, 5.74) is -0.105. The Morgan fingerprint density at radius 2 is 1.79 bits per heavy atom. The van der Waals surface area contributed by atoms with Gasteiger partial charge in [-0.1, -0.05) is 53.5 Å². The van der Waals surface area contributed by atoms with Gasteiger partial charge in [-0.15, -0.1) is 0 Å². The number of rotatable bonds is 7. The van der Waals surface area contributed by atoms with E-state index >= 15 is 0 Å². The van der Waals surface area contributed by atoms with Crippen molar-refractivity contribution in [2.75, 3.05) is 6.54 Å². The molecule has 2 aromatic carbocycles. The average molecular weight is 388 g/mol. The number of nitrogens with one attached hydrogen (secondary N) is 1. The predicted molar refractivity (Wildman–Crippen MR) is 97.0 cm³/mol. The molecule has 4 nitrogen and oxygen atoms in total. The van der Waals surface area contributed by atoms with E-state index in [-0.39, 0.29) is 21.5 Å². The lowest BCUT2D eigenvalue weighted by atomic mass is 9.97. The number of sulfonamides is 1. The molecule has 1 atom stereocenters. The Labute approximate surface area is 152 Å². The summed E-state index contributed by atoms with van der Waals surface area (Å²) < 4.78 is 27.1. The van der Waals surface area contributed by atoms with Crippen LogP contribution in [0.2, 0.25) is 10.0 Å². The lowest BCUT2D eigenvalue weighted by Crippen LogP contribution is -2.41. The van der Waals surface area contributed by atoms with Crippen LogP contribution in [0.3, 0.4) is 0 Å². The molecule has 1 unspecified atom stereocenters. The Morgan fingerprint density at radius 1 is 1.12 bits per heavy atom. The van der Waals surface area contributed by atoms with Gasteiger partial charge in [-0.2, -0.15) is 0 Å². The molecule has 2 N–H and O–H groups in total. The third kappa shape index (κ3) is 5.46. The van der Waals surface area contributed by atoms with E-state index in [1.807, 2.05) is 30.3 Å². The Hall–Kier alpha value is -1.11. The van der Waals surface area contributed by atoms with Gasteiger partial charge in [0.2, 0.25) is 10.0 Å². The van der Waals surface area contributed by atoms with Crippen LogP contribution >= 0.6 is 23.2 Å². The first-order chi connectivity index (χ1) is 11.2. The molecule has 24 heavy (non-hydrogen) atoms. The van der Waals surface area contributed by atoms with E-state index in [4.69, 9.17) is 23.2 Å². The molecule has 0 bridgehead atoms. The monoisotopic (exact) mass is 387 g/mol. The highest BCUT2D eigenvalue weighted by Gasteiger charge is 2.25. The predicted octanol–water partition coefficient (Wildman–Crippen LogP) is 3.66. The molecule has 0 saturated carbocycles. The van der Waals surface area contributed by atoms with Crippen LogP contribution in [-0.4, -0.2) is 25.7 Å². The molecule has 0 spiro atoms. The molecule has 0 aliphatic heterocycles. The molecule has 0 aromatic heterocycles. The fraction of sp³-hybridized carbons (Fsp3) is 0.294. The smallest absolute Gasteiger partial charge is 0.242 e. The SMILES string of the molecule is CC(O)(CCc1ccccc1)CNS(=O)(=O)c1cc(Cl)ccc1Cl. The van der Waals surface area contributed by atoms with Gasteiger partial charge in [0.25, 0.3) is 0 Å². The molecule has 0 radical (unpaired) electrons. The highest BCUT2D eigenvalue weighted by atomic mass is 35.5. The minimum Gasteiger partial charge on any atom is -0.389 e. The normalized spacial score (nSPS) is 14.3. The van der Waals surface area contributed by atoms with E-state index in [9.17, 15) is 13.5 Å². The van der Waals surface area contributed by atoms with Gasteiger partial charge < -0.3 is 5.11 Å². The van der Waals surface area contributed by atoms with E-state index < -0.39 is 15.6 Å². The summed E-state index contributed by atoms with van der Waals surface area (Å²) >= 11 is 11.8. The van der Waals surface area contributed by atoms with Gasteiger partial charge in [0, 0.05) is 11.6 Å². The standard InChI is InChI=1S/C17H19Cl2NO3S/c1-17(21,10-9-13-5-3-2-4-6-13)12-20-24(22,23)16-11-14(18)7-8-15(16)19/h2-8,11,20-21H,9-10,12H2,1H3. The molecule has 0 amide bonds. The van der Waals surface area contributed by atoms with Crippen LogP contribution in [-0.2, 0) is 16.4 Å². The number of benzene rings is 2. The summed E-state index contributed by atoms with van der Waals surface area (Å²) in [6.07, 6.45) is 1.07.